The molecule has 1 atom stereocenters. The van der Waals surface area contributed by atoms with Crippen LogP contribution >= 0.6 is 0 Å². The lowest BCUT2D eigenvalue weighted by Crippen LogP contribution is -2.24. The van der Waals surface area contributed by atoms with Gasteiger partial charge in [0, 0.05) is 6.42 Å². The van der Waals surface area contributed by atoms with E-state index in [1.807, 2.05) is 27.7 Å². The third kappa shape index (κ3) is 4.05. The summed E-state index contributed by atoms with van der Waals surface area (Å²) in [6.45, 7) is 7.96. The molecule has 0 aliphatic rings. The molecule has 0 radical (unpaired) electrons. The number of hydrogen-bond acceptors (Lipinski definition) is 2. The number of carbonyl (C=O) groups is 2. The van der Waals surface area contributed by atoms with Crippen LogP contribution < -0.4 is 5.32 Å². The van der Waals surface area contributed by atoms with E-state index in [9.17, 15) is 14.0 Å². The summed E-state index contributed by atoms with van der Waals surface area (Å²) >= 11 is 0. The Balaban J connectivity index is 2.89. The van der Waals surface area contributed by atoms with Crippen LogP contribution in [0.2, 0.25) is 0 Å². The Labute approximate surface area is 118 Å². The van der Waals surface area contributed by atoms with Gasteiger partial charge in [0.05, 0.1) is 11.3 Å². The van der Waals surface area contributed by atoms with Gasteiger partial charge in [0.2, 0.25) is 5.91 Å². The summed E-state index contributed by atoms with van der Waals surface area (Å²) in [4.78, 5) is 22.9. The van der Waals surface area contributed by atoms with Gasteiger partial charge in [-0.25, -0.2) is 9.18 Å². The van der Waals surface area contributed by atoms with Crippen molar-refractivity contribution < 1.29 is 19.1 Å². The van der Waals surface area contributed by atoms with Crippen molar-refractivity contribution in [3.8, 4) is 0 Å². The molecule has 0 fully saturated rings. The van der Waals surface area contributed by atoms with Gasteiger partial charge in [-0.2, -0.15) is 0 Å². The van der Waals surface area contributed by atoms with Crippen LogP contribution in [0.3, 0.4) is 0 Å². The minimum atomic E-state index is -1.27. The van der Waals surface area contributed by atoms with Crippen LogP contribution in [0.4, 0.5) is 10.1 Å². The van der Waals surface area contributed by atoms with Crippen molar-refractivity contribution in [1.82, 2.24) is 0 Å². The van der Waals surface area contributed by atoms with Gasteiger partial charge in [-0.1, -0.05) is 33.8 Å². The Kier molecular flexibility index (Phi) is 4.87. The molecule has 0 saturated heterocycles. The normalized spacial score (nSPS) is 12.8. The van der Waals surface area contributed by atoms with Gasteiger partial charge in [-0.05, 0) is 23.5 Å². The number of carbonyl (C=O) groups excluding carboxylic acids is 1. The highest BCUT2D eigenvalue weighted by Gasteiger charge is 2.24. The Hall–Kier alpha value is -1.91. The van der Waals surface area contributed by atoms with Gasteiger partial charge < -0.3 is 10.4 Å². The fraction of sp³-hybridized carbons (Fsp3) is 0.467. The number of carboxylic acid groups (broad SMARTS) is 1. The van der Waals surface area contributed by atoms with Crippen LogP contribution in [-0.2, 0) is 4.79 Å². The van der Waals surface area contributed by atoms with Crippen LogP contribution in [0.1, 0.15) is 44.5 Å². The van der Waals surface area contributed by atoms with Crippen molar-refractivity contribution in [2.45, 2.75) is 34.1 Å². The van der Waals surface area contributed by atoms with Gasteiger partial charge >= 0.3 is 5.97 Å². The number of para-hydroxylation sites is 1. The highest BCUT2D eigenvalue weighted by atomic mass is 19.1. The lowest BCUT2D eigenvalue weighted by atomic mass is 9.80. The van der Waals surface area contributed by atoms with Crippen LogP contribution in [0, 0.1) is 17.2 Å². The number of benzene rings is 1. The zero-order chi connectivity index (χ0) is 15.5. The van der Waals surface area contributed by atoms with E-state index in [-0.39, 0.29) is 34.9 Å². The second kappa shape index (κ2) is 6.03. The molecule has 0 aliphatic carbocycles. The van der Waals surface area contributed by atoms with Crippen molar-refractivity contribution in [3.63, 3.8) is 0 Å². The molecule has 0 aliphatic heterocycles. The van der Waals surface area contributed by atoms with E-state index in [1.54, 1.807) is 0 Å². The maximum Gasteiger partial charge on any atom is 0.337 e. The molecular weight excluding hydrogens is 261 g/mol. The monoisotopic (exact) mass is 281 g/mol. The van der Waals surface area contributed by atoms with E-state index in [1.165, 1.54) is 12.1 Å². The zero-order valence-electron chi connectivity index (χ0n) is 12.2. The molecule has 0 bridgehead atoms. The van der Waals surface area contributed by atoms with Crippen molar-refractivity contribution >= 4 is 17.6 Å². The highest BCUT2D eigenvalue weighted by molar-refractivity contribution is 6.00. The molecule has 110 valence electrons. The minimum absolute atomic E-state index is 0.0534. The molecule has 4 nitrogen and oxygen atoms in total. The number of carboxylic acids is 1. The lowest BCUT2D eigenvalue weighted by molar-refractivity contribution is -0.117. The summed E-state index contributed by atoms with van der Waals surface area (Å²) < 4.78 is 13.7. The molecule has 1 unspecified atom stereocenters. The number of rotatable bonds is 4. The molecule has 1 amide bonds. The van der Waals surface area contributed by atoms with Gasteiger partial charge in [-0.3, -0.25) is 4.79 Å². The number of halogens is 1. The van der Waals surface area contributed by atoms with E-state index < -0.39 is 11.8 Å². The van der Waals surface area contributed by atoms with E-state index in [2.05, 4.69) is 5.32 Å². The molecule has 5 heteroatoms. The molecule has 0 saturated carbocycles. The van der Waals surface area contributed by atoms with E-state index in [4.69, 9.17) is 5.11 Å². The Morgan fingerprint density at radius 3 is 2.45 bits per heavy atom. The first-order valence-electron chi connectivity index (χ1n) is 6.44. The lowest BCUT2D eigenvalue weighted by Gasteiger charge is -2.26. The first-order valence-corrected chi connectivity index (χ1v) is 6.44. The summed E-state index contributed by atoms with van der Waals surface area (Å²) in [5.41, 5.74) is -0.574. The fourth-order valence-corrected chi connectivity index (χ4v) is 1.60. The second-order valence-corrected chi connectivity index (χ2v) is 5.99. The average molecular weight is 281 g/mol. The molecule has 0 spiro atoms. The summed E-state index contributed by atoms with van der Waals surface area (Å²) in [7, 11) is 0. The minimum Gasteiger partial charge on any atom is -0.478 e. The largest absolute Gasteiger partial charge is 0.478 e. The Morgan fingerprint density at radius 1 is 1.35 bits per heavy atom. The second-order valence-electron chi connectivity index (χ2n) is 5.99. The van der Waals surface area contributed by atoms with Crippen molar-refractivity contribution in [2.24, 2.45) is 11.3 Å². The van der Waals surface area contributed by atoms with Gasteiger partial charge in [0.15, 0.2) is 0 Å². The van der Waals surface area contributed by atoms with Crippen LogP contribution in [0.5, 0.6) is 0 Å². The number of nitrogens with one attached hydrogen (secondary N) is 1. The predicted molar refractivity (Wildman–Crippen MR) is 75.2 cm³/mol. The van der Waals surface area contributed by atoms with Crippen LogP contribution in [-0.4, -0.2) is 17.0 Å². The SMILES string of the molecule is CC(CC(=O)Nc1c(F)cccc1C(=O)O)C(C)(C)C. The first-order chi connectivity index (χ1) is 9.12. The van der Waals surface area contributed by atoms with Crippen molar-refractivity contribution in [2.75, 3.05) is 5.32 Å². The maximum absolute atomic E-state index is 13.7. The molecule has 1 rings (SSSR count). The van der Waals surface area contributed by atoms with E-state index in [0.29, 0.717) is 0 Å². The van der Waals surface area contributed by atoms with E-state index in [0.717, 1.165) is 6.07 Å². The number of anilines is 1. The fourth-order valence-electron chi connectivity index (χ4n) is 1.60. The van der Waals surface area contributed by atoms with Crippen molar-refractivity contribution in [1.29, 1.82) is 0 Å². The van der Waals surface area contributed by atoms with Gasteiger partial charge in [0.1, 0.15) is 5.82 Å². The molecule has 1 aromatic rings. The number of aromatic carboxylic acids is 1. The first kappa shape index (κ1) is 16.1. The standard InChI is InChI=1S/C15H20FNO3/c1-9(15(2,3)4)8-12(18)17-13-10(14(19)20)6-5-7-11(13)16/h5-7,9H,8H2,1-4H3,(H,17,18)(H,19,20). The smallest absolute Gasteiger partial charge is 0.337 e. The topological polar surface area (TPSA) is 66.4 Å². The quantitative estimate of drug-likeness (QED) is 0.887. The predicted octanol–water partition coefficient (Wildman–Crippen LogP) is 3.53. The van der Waals surface area contributed by atoms with Gasteiger partial charge in [-0.15, -0.1) is 0 Å². The molecule has 20 heavy (non-hydrogen) atoms. The summed E-state index contributed by atoms with van der Waals surface area (Å²) in [6.07, 6.45) is 0.205. The van der Waals surface area contributed by atoms with Crippen LogP contribution in [0.15, 0.2) is 18.2 Å². The molecule has 0 heterocycles. The highest BCUT2D eigenvalue weighted by Crippen LogP contribution is 2.29. The maximum atomic E-state index is 13.7. The third-order valence-corrected chi connectivity index (χ3v) is 3.48. The molecule has 2 N–H and O–H groups in total. The molecular formula is C15H20FNO3. The molecule has 1 aromatic carbocycles. The Morgan fingerprint density at radius 2 is 1.95 bits per heavy atom. The number of hydrogen-bond donors (Lipinski definition) is 2. The van der Waals surface area contributed by atoms with Crippen molar-refractivity contribution in [3.05, 3.63) is 29.6 Å². The number of amides is 1. The third-order valence-electron chi connectivity index (χ3n) is 3.48. The zero-order valence-corrected chi connectivity index (χ0v) is 12.2. The van der Waals surface area contributed by atoms with Gasteiger partial charge in [0.25, 0.3) is 0 Å². The Bertz CT molecular complexity index is 520. The average Bonchev–Trinajstić information content (AvgIpc) is 2.30. The molecule has 0 aromatic heterocycles. The summed E-state index contributed by atoms with van der Waals surface area (Å²) in [6, 6.07) is 3.68. The van der Waals surface area contributed by atoms with Crippen LogP contribution in [0.25, 0.3) is 0 Å². The summed E-state index contributed by atoms with van der Waals surface area (Å²) in [5.74, 6) is -2.33. The summed E-state index contributed by atoms with van der Waals surface area (Å²) in [5, 5.41) is 11.4. The van der Waals surface area contributed by atoms with E-state index >= 15 is 0 Å².